The average Bonchev–Trinajstić information content (AvgIpc) is 1.21. The minimum atomic E-state index is -1.66. The summed E-state index contributed by atoms with van der Waals surface area (Å²) in [6.45, 7) is 0. The number of hydrogen-bond acceptors (Lipinski definition) is 1. The van der Waals surface area contributed by atoms with E-state index in [4.69, 9.17) is 39.9 Å². The van der Waals surface area contributed by atoms with Crippen LogP contribution in [0.2, 0.25) is 0 Å². The van der Waals surface area contributed by atoms with E-state index in [1.807, 2.05) is 0 Å². The van der Waals surface area contributed by atoms with Gasteiger partial charge in [-0.25, -0.2) is 0 Å². The summed E-state index contributed by atoms with van der Waals surface area (Å²) >= 11 is 15.2. The number of hydrogen-bond donors (Lipinski definition) is 1. The number of halogens is 3. The first-order chi connectivity index (χ1) is 3.42. The van der Waals surface area contributed by atoms with Crippen molar-refractivity contribution in [2.24, 2.45) is 0 Å². The summed E-state index contributed by atoms with van der Waals surface area (Å²) < 4.78 is -1.66. The van der Waals surface area contributed by atoms with E-state index in [0.29, 0.717) is 0 Å². The van der Waals surface area contributed by atoms with Crippen molar-refractivity contribution in [3.05, 3.63) is 0 Å². The predicted octanol–water partition coefficient (Wildman–Crippen LogP) is -3.94. The van der Waals surface area contributed by atoms with Crippen LogP contribution in [0.4, 0.5) is 0 Å². The molecule has 0 aromatic heterocycles. The zero-order chi connectivity index (χ0) is 6.78. The molecule has 0 saturated heterocycles. The van der Waals surface area contributed by atoms with Crippen molar-refractivity contribution in [1.82, 2.24) is 0 Å². The molecule has 1 N–H and O–H groups in total. The standard InChI is InChI=1S/C3H3Cl3O2.K.Na.2H/c4-3(5,6)1-2(7)8;;;;/h1H2,(H,7,8);;;;/q;2*+1;2*-1. The number of carboxylic acid groups (broad SMARTS) is 1. The van der Waals surface area contributed by atoms with Gasteiger partial charge in [-0.3, -0.25) is 4.79 Å². The summed E-state index contributed by atoms with van der Waals surface area (Å²) in [7, 11) is 0. The van der Waals surface area contributed by atoms with Gasteiger partial charge < -0.3 is 7.96 Å². The molecule has 0 rings (SSSR count). The summed E-state index contributed by atoms with van der Waals surface area (Å²) in [4.78, 5) is 9.76. The van der Waals surface area contributed by atoms with Crippen molar-refractivity contribution >= 4 is 40.8 Å². The van der Waals surface area contributed by atoms with Crippen LogP contribution in [0.1, 0.15) is 9.27 Å². The molecule has 10 heavy (non-hydrogen) atoms. The van der Waals surface area contributed by atoms with Gasteiger partial charge in [-0.15, -0.1) is 0 Å². The molecule has 52 valence electrons. The van der Waals surface area contributed by atoms with Gasteiger partial charge in [0.1, 0.15) is 0 Å². The van der Waals surface area contributed by atoms with E-state index in [1.165, 1.54) is 0 Å². The Hall–Kier alpha value is 2.98. The van der Waals surface area contributed by atoms with Crippen LogP contribution in [-0.2, 0) is 4.79 Å². The SMILES string of the molecule is O=C(O)CC(Cl)(Cl)Cl.[H-].[H-].[K+].[Na+]. The number of carboxylic acids is 1. The third-order valence-corrected chi connectivity index (χ3v) is 0.753. The smallest absolute Gasteiger partial charge is 1.00 e. The predicted molar refractivity (Wildman–Crippen MR) is 34.8 cm³/mol. The molecule has 0 fully saturated rings. The Morgan fingerprint density at radius 1 is 1.50 bits per heavy atom. The molecule has 0 aromatic rings. The van der Waals surface area contributed by atoms with Gasteiger partial charge in [0.25, 0.3) is 0 Å². The number of carbonyl (C=O) groups is 1. The second-order valence-electron chi connectivity index (χ2n) is 1.19. The third-order valence-electron chi connectivity index (χ3n) is 0.352. The minimum Gasteiger partial charge on any atom is -1.00 e. The van der Waals surface area contributed by atoms with Gasteiger partial charge in [0.2, 0.25) is 3.79 Å². The number of aliphatic carboxylic acids is 1. The molecule has 0 radical (unpaired) electrons. The van der Waals surface area contributed by atoms with Gasteiger partial charge in [-0.1, -0.05) is 34.8 Å². The Morgan fingerprint density at radius 2 is 1.80 bits per heavy atom. The fourth-order valence-electron chi connectivity index (χ4n) is 0.171. The molecule has 0 aliphatic rings. The molecule has 0 unspecified atom stereocenters. The first-order valence-corrected chi connectivity index (χ1v) is 2.84. The van der Waals surface area contributed by atoms with E-state index < -0.39 is 16.2 Å². The summed E-state index contributed by atoms with van der Waals surface area (Å²) in [6, 6.07) is 0. The average molecular weight is 242 g/mol. The minimum absolute atomic E-state index is 0. The summed E-state index contributed by atoms with van der Waals surface area (Å²) in [5, 5.41) is 8.00. The van der Waals surface area contributed by atoms with E-state index in [0.717, 1.165) is 0 Å². The van der Waals surface area contributed by atoms with Gasteiger partial charge in [0.15, 0.2) is 0 Å². The van der Waals surface area contributed by atoms with Crippen LogP contribution in [-0.4, -0.2) is 14.9 Å². The Kier molecular flexibility index (Phi) is 16.0. The van der Waals surface area contributed by atoms with Gasteiger partial charge in [0.05, 0.1) is 6.42 Å². The molecule has 0 aliphatic carbocycles. The van der Waals surface area contributed by atoms with Crippen molar-refractivity contribution in [2.75, 3.05) is 0 Å². The van der Waals surface area contributed by atoms with Gasteiger partial charge >= 0.3 is 86.9 Å². The molecule has 0 amide bonds. The monoisotopic (exact) mass is 240 g/mol. The normalized spacial score (nSPS) is 9.10. The van der Waals surface area contributed by atoms with E-state index in [1.54, 1.807) is 0 Å². The fraction of sp³-hybridized carbons (Fsp3) is 0.667. The van der Waals surface area contributed by atoms with Crippen molar-refractivity contribution < 1.29 is 93.7 Å². The van der Waals surface area contributed by atoms with Crippen LogP contribution in [0.25, 0.3) is 0 Å². The van der Waals surface area contributed by atoms with Crippen molar-refractivity contribution in [3.8, 4) is 0 Å². The third kappa shape index (κ3) is 17.2. The molecule has 2 nitrogen and oxygen atoms in total. The maximum atomic E-state index is 9.76. The van der Waals surface area contributed by atoms with Crippen molar-refractivity contribution in [1.29, 1.82) is 0 Å². The largest absolute Gasteiger partial charge is 1.00 e. The Labute approximate surface area is 142 Å². The Balaban J connectivity index is -0.0000000408. The maximum absolute atomic E-state index is 9.76. The first kappa shape index (κ1) is 18.7. The molecular formula is C3H5Cl3KNaO2. The van der Waals surface area contributed by atoms with Crippen molar-refractivity contribution in [3.63, 3.8) is 0 Å². The molecule has 0 aliphatic heterocycles. The Bertz CT molecular complexity index is 112. The van der Waals surface area contributed by atoms with E-state index in [9.17, 15) is 4.79 Å². The van der Waals surface area contributed by atoms with Crippen LogP contribution >= 0.6 is 34.8 Å². The van der Waals surface area contributed by atoms with Crippen LogP contribution in [0.5, 0.6) is 0 Å². The topological polar surface area (TPSA) is 37.3 Å². The molecule has 7 heteroatoms. The number of alkyl halides is 3. The number of rotatable bonds is 1. The first-order valence-electron chi connectivity index (χ1n) is 1.70. The quantitative estimate of drug-likeness (QED) is 0.376. The summed E-state index contributed by atoms with van der Waals surface area (Å²) in [5.74, 6) is -1.12. The zero-order valence-corrected chi connectivity index (χ0v) is 13.1. The molecule has 0 bridgehead atoms. The van der Waals surface area contributed by atoms with Crippen LogP contribution < -0.4 is 80.9 Å². The molecule has 0 aromatic carbocycles. The Morgan fingerprint density at radius 3 is 1.80 bits per heavy atom. The van der Waals surface area contributed by atoms with Gasteiger partial charge in [0, 0.05) is 0 Å². The van der Waals surface area contributed by atoms with Crippen molar-refractivity contribution in [2.45, 2.75) is 10.2 Å². The fourth-order valence-corrected chi connectivity index (χ4v) is 0.514. The molecule has 0 spiro atoms. The van der Waals surface area contributed by atoms with E-state index >= 15 is 0 Å². The molecule has 0 atom stereocenters. The molecule has 0 heterocycles. The second kappa shape index (κ2) is 8.57. The van der Waals surface area contributed by atoms with E-state index in [2.05, 4.69) is 0 Å². The van der Waals surface area contributed by atoms with Crippen LogP contribution in [0, 0.1) is 0 Å². The van der Waals surface area contributed by atoms with E-state index in [-0.39, 0.29) is 83.8 Å². The maximum Gasteiger partial charge on any atom is 1.00 e. The van der Waals surface area contributed by atoms with Crippen LogP contribution in [0.15, 0.2) is 0 Å². The second-order valence-corrected chi connectivity index (χ2v) is 3.70. The molecule has 0 saturated carbocycles. The van der Waals surface area contributed by atoms with Gasteiger partial charge in [-0.2, -0.15) is 0 Å². The zero-order valence-electron chi connectivity index (χ0n) is 7.70. The summed E-state index contributed by atoms with van der Waals surface area (Å²) in [5.41, 5.74) is 0. The molecular weight excluding hydrogens is 236 g/mol. The van der Waals surface area contributed by atoms with Gasteiger partial charge in [-0.05, 0) is 0 Å². The summed E-state index contributed by atoms with van der Waals surface area (Å²) in [6.07, 6.45) is -0.461. The van der Waals surface area contributed by atoms with Crippen LogP contribution in [0.3, 0.4) is 0 Å².